The van der Waals surface area contributed by atoms with Crippen LogP contribution >= 0.6 is 0 Å². The van der Waals surface area contributed by atoms with Gasteiger partial charge in [-0.15, -0.1) is 0 Å². The molecule has 2 aromatic heterocycles. The number of nitrogen functional groups attached to an aromatic ring is 1. The van der Waals surface area contributed by atoms with Crippen molar-refractivity contribution in [1.82, 2.24) is 29.7 Å². The number of carboxylic acids is 3. The number of aliphatic carboxylic acids is 3. The molecule has 0 saturated heterocycles. The maximum atomic E-state index is 12.6. The summed E-state index contributed by atoms with van der Waals surface area (Å²) < 4.78 is 1.27. The number of nitrogens with zero attached hydrogens (tertiary/aromatic N) is 5. The molecule has 15 nitrogen and oxygen atoms in total. The highest BCUT2D eigenvalue weighted by Gasteiger charge is 2.26. The number of carbonyl (C=O) groups is 5. The largest absolute Gasteiger partial charge is 0.481 e. The average molecular weight is 423 g/mol. The standard InChI is InChI=1S/C15H17N7O8/c16-13-12-14(18-5-17-13)22(6-19-12)3-9(24)21(4-11(27)28)2-8(23)20-7(15(29)30)1-10(25)26/h5-7H,1-4H2,(H,20,23)(H,25,26)(H,27,28)(H,29,30)(H2,16,17,18)/t7-/m0/s1. The second-order valence-electron chi connectivity index (χ2n) is 6.00. The number of hydrogen-bond acceptors (Lipinski definition) is 9. The molecule has 0 saturated carbocycles. The molecule has 0 unspecified atom stereocenters. The number of rotatable bonds is 10. The summed E-state index contributed by atoms with van der Waals surface area (Å²) in [5.41, 5.74) is 6.09. The Hall–Kier alpha value is -4.30. The van der Waals surface area contributed by atoms with Crippen LogP contribution in [0, 0.1) is 0 Å². The van der Waals surface area contributed by atoms with Gasteiger partial charge in [-0.2, -0.15) is 0 Å². The number of amides is 2. The highest BCUT2D eigenvalue weighted by Crippen LogP contribution is 2.14. The third kappa shape index (κ3) is 5.60. The molecule has 2 rings (SSSR count). The predicted octanol–water partition coefficient (Wildman–Crippen LogP) is -2.63. The number of carbonyl (C=O) groups excluding carboxylic acids is 2. The number of anilines is 1. The summed E-state index contributed by atoms with van der Waals surface area (Å²) in [5.74, 6) is -6.25. The number of carboxylic acid groups (broad SMARTS) is 3. The summed E-state index contributed by atoms with van der Waals surface area (Å²) in [6, 6.07) is -1.74. The van der Waals surface area contributed by atoms with Crippen molar-refractivity contribution in [2.75, 3.05) is 18.8 Å². The molecule has 0 aromatic carbocycles. The van der Waals surface area contributed by atoms with Gasteiger partial charge in [0, 0.05) is 0 Å². The zero-order valence-electron chi connectivity index (χ0n) is 15.3. The van der Waals surface area contributed by atoms with Gasteiger partial charge in [-0.25, -0.2) is 19.7 Å². The predicted molar refractivity (Wildman–Crippen MR) is 95.8 cm³/mol. The first kappa shape index (κ1) is 22.0. The minimum Gasteiger partial charge on any atom is -0.481 e. The van der Waals surface area contributed by atoms with Crippen molar-refractivity contribution in [3.05, 3.63) is 12.7 Å². The molecule has 0 aliphatic heterocycles. The summed E-state index contributed by atoms with van der Waals surface area (Å²) in [4.78, 5) is 69.8. The first-order chi connectivity index (χ1) is 14.1. The summed E-state index contributed by atoms with van der Waals surface area (Å²) >= 11 is 0. The number of nitrogens with one attached hydrogen (secondary N) is 1. The van der Waals surface area contributed by atoms with Gasteiger partial charge in [0.2, 0.25) is 11.8 Å². The van der Waals surface area contributed by atoms with Gasteiger partial charge in [-0.1, -0.05) is 0 Å². The number of hydrogen-bond donors (Lipinski definition) is 5. The van der Waals surface area contributed by atoms with E-state index >= 15 is 0 Å². The lowest BCUT2D eigenvalue weighted by Crippen LogP contribution is -2.49. The molecule has 160 valence electrons. The minimum absolute atomic E-state index is 0.0751. The molecule has 15 heteroatoms. The third-order valence-electron chi connectivity index (χ3n) is 3.76. The van der Waals surface area contributed by atoms with Gasteiger partial charge in [0.05, 0.1) is 12.7 Å². The Bertz CT molecular complexity index is 1000. The second-order valence-corrected chi connectivity index (χ2v) is 6.00. The summed E-state index contributed by atoms with van der Waals surface area (Å²) in [7, 11) is 0. The second kappa shape index (κ2) is 9.26. The maximum Gasteiger partial charge on any atom is 0.326 e. The van der Waals surface area contributed by atoms with Crippen LogP contribution in [0.5, 0.6) is 0 Å². The lowest BCUT2D eigenvalue weighted by molar-refractivity contribution is -0.149. The Morgan fingerprint density at radius 3 is 2.37 bits per heavy atom. The van der Waals surface area contributed by atoms with E-state index in [1.165, 1.54) is 10.9 Å². The molecule has 1 atom stereocenters. The SMILES string of the molecule is Nc1ncnc2c1ncn2CC(=O)N(CC(=O)O)CC(=O)N[C@@H](CC(=O)O)C(=O)O. The quantitative estimate of drug-likeness (QED) is 0.264. The molecule has 0 bridgehead atoms. The molecule has 0 aliphatic carbocycles. The van der Waals surface area contributed by atoms with Crippen LogP contribution in [0.3, 0.4) is 0 Å². The van der Waals surface area contributed by atoms with Gasteiger partial charge in [-0.3, -0.25) is 19.2 Å². The van der Waals surface area contributed by atoms with Gasteiger partial charge in [0.25, 0.3) is 0 Å². The molecule has 0 spiro atoms. The molecule has 2 amide bonds. The molecule has 0 aliphatic rings. The Kier molecular flexibility index (Phi) is 6.79. The van der Waals surface area contributed by atoms with Crippen LogP contribution in [0.4, 0.5) is 5.82 Å². The first-order valence-electron chi connectivity index (χ1n) is 8.23. The number of imidazole rings is 1. The van der Waals surface area contributed by atoms with E-state index in [-0.39, 0.29) is 17.0 Å². The van der Waals surface area contributed by atoms with Crippen molar-refractivity contribution in [2.45, 2.75) is 19.0 Å². The Morgan fingerprint density at radius 1 is 1.07 bits per heavy atom. The van der Waals surface area contributed by atoms with Crippen molar-refractivity contribution in [1.29, 1.82) is 0 Å². The van der Waals surface area contributed by atoms with Crippen LogP contribution in [0.25, 0.3) is 11.2 Å². The lowest BCUT2D eigenvalue weighted by atomic mass is 10.2. The van der Waals surface area contributed by atoms with Crippen LogP contribution in [0.1, 0.15) is 6.42 Å². The zero-order valence-corrected chi connectivity index (χ0v) is 15.3. The van der Waals surface area contributed by atoms with E-state index in [9.17, 15) is 24.0 Å². The van der Waals surface area contributed by atoms with Crippen molar-refractivity contribution >= 4 is 46.7 Å². The van der Waals surface area contributed by atoms with Gasteiger partial charge < -0.3 is 35.8 Å². The molecular weight excluding hydrogens is 406 g/mol. The fourth-order valence-corrected chi connectivity index (χ4v) is 2.44. The van der Waals surface area contributed by atoms with Crippen molar-refractivity contribution in [3.63, 3.8) is 0 Å². The van der Waals surface area contributed by atoms with E-state index in [0.717, 1.165) is 6.33 Å². The first-order valence-corrected chi connectivity index (χ1v) is 8.23. The Balaban J connectivity index is 2.13. The van der Waals surface area contributed by atoms with Gasteiger partial charge in [0.15, 0.2) is 11.5 Å². The highest BCUT2D eigenvalue weighted by molar-refractivity contribution is 5.91. The molecule has 0 fully saturated rings. The smallest absolute Gasteiger partial charge is 0.326 e. The number of aromatic nitrogens is 4. The molecule has 30 heavy (non-hydrogen) atoms. The van der Waals surface area contributed by atoms with Gasteiger partial charge in [-0.05, 0) is 0 Å². The van der Waals surface area contributed by atoms with Gasteiger partial charge in [0.1, 0.15) is 37.5 Å². The molecular formula is C15H17N7O8. The lowest BCUT2D eigenvalue weighted by Gasteiger charge is -2.21. The summed E-state index contributed by atoms with van der Waals surface area (Å²) in [6.07, 6.45) is 1.49. The van der Waals surface area contributed by atoms with E-state index in [0.29, 0.717) is 4.90 Å². The van der Waals surface area contributed by atoms with Crippen LogP contribution < -0.4 is 11.1 Å². The van der Waals surface area contributed by atoms with E-state index in [1.54, 1.807) is 0 Å². The molecule has 2 aromatic rings. The van der Waals surface area contributed by atoms with Crippen LogP contribution in [-0.2, 0) is 30.5 Å². The Morgan fingerprint density at radius 2 is 1.77 bits per heavy atom. The van der Waals surface area contributed by atoms with Crippen molar-refractivity contribution in [3.8, 4) is 0 Å². The van der Waals surface area contributed by atoms with Gasteiger partial charge >= 0.3 is 17.9 Å². The summed E-state index contributed by atoms with van der Waals surface area (Å²) in [5, 5.41) is 28.6. The normalized spacial score (nSPS) is 11.6. The third-order valence-corrected chi connectivity index (χ3v) is 3.76. The fourth-order valence-electron chi connectivity index (χ4n) is 2.44. The maximum absolute atomic E-state index is 12.6. The molecule has 0 radical (unpaired) electrons. The van der Waals surface area contributed by atoms with E-state index in [4.69, 9.17) is 21.1 Å². The fraction of sp³-hybridized carbons (Fsp3) is 0.333. The topological polar surface area (TPSA) is 231 Å². The Labute approximate surface area is 167 Å². The van der Waals surface area contributed by atoms with E-state index in [2.05, 4.69) is 15.0 Å². The van der Waals surface area contributed by atoms with E-state index in [1.807, 2.05) is 5.32 Å². The van der Waals surface area contributed by atoms with Crippen LogP contribution in [0.2, 0.25) is 0 Å². The highest BCUT2D eigenvalue weighted by atomic mass is 16.4. The van der Waals surface area contributed by atoms with E-state index < -0.39 is 61.8 Å². The number of fused-ring (bicyclic) bond motifs is 1. The summed E-state index contributed by atoms with van der Waals surface area (Å²) in [6.45, 7) is -2.10. The minimum atomic E-state index is -1.74. The monoisotopic (exact) mass is 423 g/mol. The van der Waals surface area contributed by atoms with Crippen LogP contribution in [0.15, 0.2) is 12.7 Å². The molecule has 2 heterocycles. The zero-order chi connectivity index (χ0) is 22.4. The van der Waals surface area contributed by atoms with Crippen molar-refractivity contribution in [2.24, 2.45) is 0 Å². The average Bonchev–Trinajstić information content (AvgIpc) is 3.04. The molecule has 6 N–H and O–H groups in total. The van der Waals surface area contributed by atoms with Crippen molar-refractivity contribution < 1.29 is 39.3 Å². The number of nitrogens with two attached hydrogens (primary N) is 1. The van der Waals surface area contributed by atoms with Crippen LogP contribution in [-0.4, -0.2) is 88.6 Å².